The van der Waals surface area contributed by atoms with Gasteiger partial charge in [-0.15, -0.1) is 0 Å². The predicted octanol–water partition coefficient (Wildman–Crippen LogP) is 1.93. The molecule has 136 valence electrons. The molecule has 1 aromatic carbocycles. The van der Waals surface area contributed by atoms with Crippen LogP contribution < -0.4 is 10.2 Å². The summed E-state index contributed by atoms with van der Waals surface area (Å²) in [5, 5.41) is 2.94. The first-order valence-corrected chi connectivity index (χ1v) is 8.65. The Morgan fingerprint density at radius 2 is 1.81 bits per heavy atom. The van der Waals surface area contributed by atoms with E-state index in [4.69, 9.17) is 0 Å². The van der Waals surface area contributed by atoms with Crippen LogP contribution in [0.4, 0.5) is 11.5 Å². The van der Waals surface area contributed by atoms with Crippen LogP contribution in [0.2, 0.25) is 0 Å². The number of piperazine rings is 1. The normalized spacial score (nSPS) is 14.3. The maximum absolute atomic E-state index is 12.7. The number of rotatable bonds is 4. The van der Waals surface area contributed by atoms with E-state index in [9.17, 15) is 9.59 Å². The first kappa shape index (κ1) is 17.8. The number of amides is 2. The molecule has 2 aromatic rings. The highest BCUT2D eigenvalue weighted by molar-refractivity contribution is 6.03. The summed E-state index contributed by atoms with van der Waals surface area (Å²) in [5.41, 5.74) is 3.21. The summed E-state index contributed by atoms with van der Waals surface area (Å²) in [4.78, 5) is 36.1. The first-order chi connectivity index (χ1) is 12.5. The minimum Gasteiger partial charge on any atom is -0.353 e. The van der Waals surface area contributed by atoms with E-state index in [1.54, 1.807) is 17.9 Å². The topological polar surface area (TPSA) is 78.4 Å². The number of nitrogens with zero attached hydrogens (tertiary/aromatic N) is 4. The van der Waals surface area contributed by atoms with Crippen LogP contribution in [0.15, 0.2) is 24.3 Å². The van der Waals surface area contributed by atoms with Crippen molar-refractivity contribution in [1.29, 1.82) is 0 Å². The number of nitrogens with one attached hydrogen (secondary N) is 1. The molecule has 0 spiro atoms. The fourth-order valence-electron chi connectivity index (χ4n) is 2.94. The molecule has 0 unspecified atom stereocenters. The fourth-order valence-corrected chi connectivity index (χ4v) is 2.94. The Morgan fingerprint density at radius 1 is 1.08 bits per heavy atom. The van der Waals surface area contributed by atoms with E-state index in [1.165, 1.54) is 0 Å². The Morgan fingerprint density at radius 3 is 2.50 bits per heavy atom. The molecule has 1 saturated heterocycles. The summed E-state index contributed by atoms with van der Waals surface area (Å²) in [6.07, 6.45) is 0.867. The first-order valence-electron chi connectivity index (χ1n) is 8.65. The Balaban J connectivity index is 1.80. The molecular weight excluding hydrogens is 330 g/mol. The predicted molar refractivity (Wildman–Crippen MR) is 100 cm³/mol. The molecular formula is C19H23N5O2. The van der Waals surface area contributed by atoms with Crippen molar-refractivity contribution in [2.24, 2.45) is 0 Å². The standard InChI is InChI=1S/C19H23N5O2/c1-13-4-5-14(2)16(10-13)22-19(26)17-11-18(21-15(3)20-17)24-8-6-23(12-25)7-9-24/h4-5,10-12H,6-9H2,1-3H3,(H,22,26). The average molecular weight is 353 g/mol. The number of aromatic nitrogens is 2. The monoisotopic (exact) mass is 353 g/mol. The van der Waals surface area contributed by atoms with Gasteiger partial charge in [0.2, 0.25) is 6.41 Å². The molecule has 0 bridgehead atoms. The van der Waals surface area contributed by atoms with Gasteiger partial charge in [-0.25, -0.2) is 9.97 Å². The van der Waals surface area contributed by atoms with Gasteiger partial charge in [0.15, 0.2) is 0 Å². The van der Waals surface area contributed by atoms with E-state index in [0.29, 0.717) is 43.5 Å². The number of anilines is 2. The third-order valence-electron chi connectivity index (χ3n) is 4.49. The molecule has 1 fully saturated rings. The Labute approximate surface area is 153 Å². The van der Waals surface area contributed by atoms with Gasteiger partial charge in [0, 0.05) is 37.9 Å². The highest BCUT2D eigenvalue weighted by atomic mass is 16.2. The van der Waals surface area contributed by atoms with Crippen LogP contribution in [-0.2, 0) is 4.79 Å². The third kappa shape index (κ3) is 3.99. The highest BCUT2D eigenvalue weighted by Crippen LogP contribution is 2.19. The summed E-state index contributed by atoms with van der Waals surface area (Å²) in [7, 11) is 0. The average Bonchev–Trinajstić information content (AvgIpc) is 2.64. The molecule has 0 saturated carbocycles. The molecule has 1 N–H and O–H groups in total. The lowest BCUT2D eigenvalue weighted by Crippen LogP contribution is -2.46. The zero-order valence-corrected chi connectivity index (χ0v) is 15.3. The molecule has 26 heavy (non-hydrogen) atoms. The summed E-state index contributed by atoms with van der Waals surface area (Å²) in [6, 6.07) is 7.65. The lowest BCUT2D eigenvalue weighted by atomic mass is 10.1. The highest BCUT2D eigenvalue weighted by Gasteiger charge is 2.19. The third-order valence-corrected chi connectivity index (χ3v) is 4.49. The summed E-state index contributed by atoms with van der Waals surface area (Å²) < 4.78 is 0. The zero-order chi connectivity index (χ0) is 18.7. The molecule has 0 aliphatic carbocycles. The van der Waals surface area contributed by atoms with E-state index < -0.39 is 0 Å². The number of hydrogen-bond acceptors (Lipinski definition) is 5. The van der Waals surface area contributed by atoms with Gasteiger partial charge in [-0.05, 0) is 38.0 Å². The quantitative estimate of drug-likeness (QED) is 0.850. The summed E-state index contributed by atoms with van der Waals surface area (Å²) in [5.74, 6) is 1.01. The van der Waals surface area contributed by atoms with Crippen molar-refractivity contribution in [2.45, 2.75) is 20.8 Å². The number of hydrogen-bond donors (Lipinski definition) is 1. The Kier molecular flexibility index (Phi) is 5.16. The molecule has 2 heterocycles. The number of aryl methyl sites for hydroxylation is 3. The van der Waals surface area contributed by atoms with Crippen molar-refractivity contribution in [3.8, 4) is 0 Å². The molecule has 0 atom stereocenters. The van der Waals surface area contributed by atoms with Crippen molar-refractivity contribution in [2.75, 3.05) is 36.4 Å². The Hall–Kier alpha value is -2.96. The second-order valence-electron chi connectivity index (χ2n) is 6.56. The minimum atomic E-state index is -0.253. The van der Waals surface area contributed by atoms with Gasteiger partial charge in [0.25, 0.3) is 5.91 Å². The largest absolute Gasteiger partial charge is 0.353 e. The lowest BCUT2D eigenvalue weighted by Gasteiger charge is -2.33. The fraction of sp³-hybridized carbons (Fsp3) is 0.368. The summed E-state index contributed by atoms with van der Waals surface area (Å²) >= 11 is 0. The number of carbonyl (C=O) groups excluding carboxylic acids is 2. The number of carbonyl (C=O) groups is 2. The van der Waals surface area contributed by atoms with Gasteiger partial charge < -0.3 is 15.1 Å². The van der Waals surface area contributed by atoms with Crippen molar-refractivity contribution in [3.63, 3.8) is 0 Å². The second-order valence-corrected chi connectivity index (χ2v) is 6.56. The maximum atomic E-state index is 12.7. The van der Waals surface area contributed by atoms with Crippen LogP contribution in [0, 0.1) is 20.8 Å². The molecule has 1 aromatic heterocycles. The van der Waals surface area contributed by atoms with Crippen LogP contribution in [0.1, 0.15) is 27.4 Å². The SMILES string of the molecule is Cc1ccc(C)c(NC(=O)c2cc(N3CCN(C=O)CC3)nc(C)n2)c1. The van der Waals surface area contributed by atoms with Gasteiger partial charge >= 0.3 is 0 Å². The van der Waals surface area contributed by atoms with Crippen molar-refractivity contribution in [3.05, 3.63) is 46.9 Å². The van der Waals surface area contributed by atoms with Crippen LogP contribution in [0.3, 0.4) is 0 Å². The molecule has 1 aliphatic heterocycles. The zero-order valence-electron chi connectivity index (χ0n) is 15.3. The molecule has 7 heteroatoms. The van der Waals surface area contributed by atoms with E-state index in [2.05, 4.69) is 20.2 Å². The van der Waals surface area contributed by atoms with Crippen LogP contribution in [0.25, 0.3) is 0 Å². The van der Waals surface area contributed by atoms with E-state index in [0.717, 1.165) is 23.2 Å². The van der Waals surface area contributed by atoms with E-state index in [-0.39, 0.29) is 5.91 Å². The molecule has 3 rings (SSSR count). The van der Waals surface area contributed by atoms with Crippen LogP contribution >= 0.6 is 0 Å². The smallest absolute Gasteiger partial charge is 0.274 e. The molecule has 1 aliphatic rings. The van der Waals surface area contributed by atoms with Crippen LogP contribution in [-0.4, -0.2) is 53.4 Å². The van der Waals surface area contributed by atoms with Crippen molar-refractivity contribution in [1.82, 2.24) is 14.9 Å². The van der Waals surface area contributed by atoms with E-state index in [1.807, 2.05) is 32.0 Å². The van der Waals surface area contributed by atoms with Crippen LogP contribution in [0.5, 0.6) is 0 Å². The lowest BCUT2D eigenvalue weighted by molar-refractivity contribution is -0.118. The van der Waals surface area contributed by atoms with E-state index >= 15 is 0 Å². The van der Waals surface area contributed by atoms with Gasteiger partial charge in [-0.1, -0.05) is 12.1 Å². The van der Waals surface area contributed by atoms with Crippen molar-refractivity contribution < 1.29 is 9.59 Å². The Bertz CT molecular complexity index is 829. The molecule has 2 amide bonds. The second kappa shape index (κ2) is 7.51. The number of benzene rings is 1. The summed E-state index contributed by atoms with van der Waals surface area (Å²) in [6.45, 7) is 8.40. The van der Waals surface area contributed by atoms with Gasteiger partial charge in [-0.2, -0.15) is 0 Å². The minimum absolute atomic E-state index is 0.253. The molecule has 0 radical (unpaired) electrons. The van der Waals surface area contributed by atoms with Gasteiger partial charge in [0.05, 0.1) is 0 Å². The van der Waals surface area contributed by atoms with Gasteiger partial charge in [0.1, 0.15) is 17.3 Å². The van der Waals surface area contributed by atoms with Crippen molar-refractivity contribution >= 4 is 23.8 Å². The van der Waals surface area contributed by atoms with Gasteiger partial charge in [-0.3, -0.25) is 9.59 Å². The maximum Gasteiger partial charge on any atom is 0.274 e. The molecule has 7 nitrogen and oxygen atoms in total.